The van der Waals surface area contributed by atoms with Crippen molar-refractivity contribution in [3.8, 4) is 5.75 Å². The summed E-state index contributed by atoms with van der Waals surface area (Å²) in [6.45, 7) is 2.92. The molecule has 1 amide bonds. The maximum Gasteiger partial charge on any atom is 0.265 e. The number of nitrogens with zero attached hydrogens (tertiary/aromatic N) is 2. The second-order valence-corrected chi connectivity index (χ2v) is 6.37. The Bertz CT molecular complexity index is 838. The fraction of sp³-hybridized carbons (Fsp3) is 0.316. The zero-order chi connectivity index (χ0) is 18.1. The number of anilines is 2. The smallest absolute Gasteiger partial charge is 0.265 e. The van der Waals surface area contributed by atoms with Crippen molar-refractivity contribution in [1.29, 1.82) is 0 Å². The minimum atomic E-state index is -0.450. The third-order valence-corrected chi connectivity index (χ3v) is 4.69. The van der Waals surface area contributed by atoms with Crippen LogP contribution in [0.5, 0.6) is 5.75 Å². The highest BCUT2D eigenvalue weighted by Crippen LogP contribution is 2.42. The van der Waals surface area contributed by atoms with Gasteiger partial charge in [0.25, 0.3) is 5.91 Å². The molecule has 0 spiro atoms. The van der Waals surface area contributed by atoms with Gasteiger partial charge in [0.05, 0.1) is 17.9 Å². The first-order valence-electron chi connectivity index (χ1n) is 8.59. The maximum atomic E-state index is 14.3. The number of nitrogens with one attached hydrogen (secondary N) is 1. The predicted molar refractivity (Wildman–Crippen MR) is 94.6 cm³/mol. The molecule has 7 heteroatoms. The molecule has 0 atom stereocenters. The number of ether oxygens (including phenoxy) is 1. The molecule has 5 nitrogen and oxygen atoms in total. The van der Waals surface area contributed by atoms with Gasteiger partial charge in [-0.1, -0.05) is 18.2 Å². The highest BCUT2D eigenvalue weighted by Gasteiger charge is 2.31. The van der Waals surface area contributed by atoms with Crippen LogP contribution in [0, 0.1) is 11.6 Å². The summed E-state index contributed by atoms with van der Waals surface area (Å²) in [5.74, 6) is -0.692. The maximum absolute atomic E-state index is 14.3. The molecule has 0 unspecified atom stereocenters. The normalized spacial score (nSPS) is 17.1. The highest BCUT2D eigenvalue weighted by atomic mass is 19.1. The third kappa shape index (κ3) is 3.10. The molecule has 136 valence electrons. The van der Waals surface area contributed by atoms with Crippen LogP contribution in [0.15, 0.2) is 36.4 Å². The first-order valence-corrected chi connectivity index (χ1v) is 8.59. The minimum Gasteiger partial charge on any atom is -0.479 e. The van der Waals surface area contributed by atoms with Gasteiger partial charge in [-0.25, -0.2) is 8.78 Å². The van der Waals surface area contributed by atoms with Crippen LogP contribution in [-0.2, 0) is 11.3 Å². The van der Waals surface area contributed by atoms with E-state index in [0.29, 0.717) is 22.7 Å². The van der Waals surface area contributed by atoms with E-state index in [0.717, 1.165) is 26.2 Å². The van der Waals surface area contributed by atoms with Crippen molar-refractivity contribution in [3.05, 3.63) is 53.6 Å². The van der Waals surface area contributed by atoms with E-state index in [1.54, 1.807) is 18.2 Å². The molecule has 2 aliphatic heterocycles. The van der Waals surface area contributed by atoms with E-state index in [1.807, 2.05) is 4.90 Å². The summed E-state index contributed by atoms with van der Waals surface area (Å²) in [5.41, 5.74) is 1.35. The van der Waals surface area contributed by atoms with E-state index in [2.05, 4.69) is 5.32 Å². The number of carbonyl (C=O) groups is 1. The molecule has 2 heterocycles. The summed E-state index contributed by atoms with van der Waals surface area (Å²) < 4.78 is 34.0. The molecule has 2 aromatic rings. The zero-order valence-corrected chi connectivity index (χ0v) is 14.2. The van der Waals surface area contributed by atoms with Gasteiger partial charge in [-0.05, 0) is 6.07 Å². The zero-order valence-electron chi connectivity index (χ0n) is 14.2. The molecule has 1 saturated heterocycles. The Balaban J connectivity index is 1.74. The quantitative estimate of drug-likeness (QED) is 0.914. The average Bonchev–Trinajstić information content (AvgIpc) is 2.66. The van der Waals surface area contributed by atoms with Crippen LogP contribution in [0.2, 0.25) is 0 Å². The van der Waals surface area contributed by atoms with Gasteiger partial charge in [0.1, 0.15) is 11.6 Å². The summed E-state index contributed by atoms with van der Waals surface area (Å²) in [5, 5.41) is 3.25. The molecule has 4 rings (SSSR count). The first kappa shape index (κ1) is 16.8. The third-order valence-electron chi connectivity index (χ3n) is 4.69. The molecule has 0 bridgehead atoms. The molecule has 2 aliphatic rings. The lowest BCUT2D eigenvalue weighted by Crippen LogP contribution is -2.44. The van der Waals surface area contributed by atoms with Gasteiger partial charge in [0, 0.05) is 43.9 Å². The van der Waals surface area contributed by atoms with Gasteiger partial charge < -0.3 is 19.9 Å². The van der Waals surface area contributed by atoms with E-state index < -0.39 is 11.6 Å². The molecule has 26 heavy (non-hydrogen) atoms. The molecule has 1 fully saturated rings. The molecule has 0 radical (unpaired) electrons. The summed E-state index contributed by atoms with van der Waals surface area (Å²) >= 11 is 0. The van der Waals surface area contributed by atoms with Crippen LogP contribution in [0.3, 0.4) is 0 Å². The lowest BCUT2D eigenvalue weighted by Gasteiger charge is -2.35. The molecular weight excluding hydrogens is 340 g/mol. The average molecular weight is 359 g/mol. The van der Waals surface area contributed by atoms with Crippen molar-refractivity contribution in [2.24, 2.45) is 0 Å². The van der Waals surface area contributed by atoms with Crippen molar-refractivity contribution in [3.63, 3.8) is 0 Å². The van der Waals surface area contributed by atoms with E-state index in [-0.39, 0.29) is 19.1 Å². The summed E-state index contributed by atoms with van der Waals surface area (Å²) in [6, 6.07) is 8.98. The SMILES string of the molecule is O=C1COc2c(N3CCNCC3)cc(F)cc2N1Cc1ccccc1F. The van der Waals surface area contributed by atoms with Gasteiger partial charge in [-0.3, -0.25) is 4.79 Å². The van der Waals surface area contributed by atoms with Crippen LogP contribution in [0.25, 0.3) is 0 Å². The van der Waals surface area contributed by atoms with Gasteiger partial charge in [-0.2, -0.15) is 0 Å². The van der Waals surface area contributed by atoms with Crippen LogP contribution in [-0.4, -0.2) is 38.7 Å². The van der Waals surface area contributed by atoms with E-state index in [9.17, 15) is 13.6 Å². The van der Waals surface area contributed by atoms with E-state index >= 15 is 0 Å². The number of fused-ring (bicyclic) bond motifs is 1. The topological polar surface area (TPSA) is 44.8 Å². The number of amides is 1. The number of benzene rings is 2. The van der Waals surface area contributed by atoms with Gasteiger partial charge >= 0.3 is 0 Å². The fourth-order valence-electron chi connectivity index (χ4n) is 3.37. The van der Waals surface area contributed by atoms with Gasteiger partial charge in [0.15, 0.2) is 12.4 Å². The number of carbonyl (C=O) groups excluding carboxylic acids is 1. The molecular formula is C19H19F2N3O2. The van der Waals surface area contributed by atoms with Crippen molar-refractivity contribution >= 4 is 17.3 Å². The number of piperazine rings is 1. The number of halogens is 2. The van der Waals surface area contributed by atoms with Crippen molar-refractivity contribution < 1.29 is 18.3 Å². The van der Waals surface area contributed by atoms with Gasteiger partial charge in [0.2, 0.25) is 0 Å². The first-order chi connectivity index (χ1) is 12.6. The van der Waals surface area contributed by atoms with Crippen LogP contribution in [0.4, 0.5) is 20.2 Å². The Morgan fingerprint density at radius 1 is 1.08 bits per heavy atom. The monoisotopic (exact) mass is 359 g/mol. The molecule has 0 saturated carbocycles. The van der Waals surface area contributed by atoms with Gasteiger partial charge in [-0.15, -0.1) is 0 Å². The van der Waals surface area contributed by atoms with Crippen molar-refractivity contribution in [1.82, 2.24) is 5.32 Å². The highest BCUT2D eigenvalue weighted by molar-refractivity contribution is 5.99. The van der Waals surface area contributed by atoms with Crippen LogP contribution in [0.1, 0.15) is 5.56 Å². The Morgan fingerprint density at radius 3 is 2.58 bits per heavy atom. The Kier molecular flexibility index (Phi) is 4.46. The molecule has 1 N–H and O–H groups in total. The van der Waals surface area contributed by atoms with E-state index in [4.69, 9.17) is 4.74 Å². The summed E-state index contributed by atoms with van der Waals surface area (Å²) in [7, 11) is 0. The number of hydrogen-bond acceptors (Lipinski definition) is 4. The Morgan fingerprint density at radius 2 is 1.81 bits per heavy atom. The second-order valence-electron chi connectivity index (χ2n) is 6.37. The van der Waals surface area contributed by atoms with Crippen molar-refractivity contribution in [2.75, 3.05) is 42.6 Å². The second kappa shape index (κ2) is 6.92. The Hall–Kier alpha value is -2.67. The summed E-state index contributed by atoms with van der Waals surface area (Å²) in [4.78, 5) is 15.8. The molecule has 0 aliphatic carbocycles. The van der Waals surface area contributed by atoms with Crippen LogP contribution < -0.4 is 19.9 Å². The minimum absolute atomic E-state index is 0.0340. The lowest BCUT2D eigenvalue weighted by molar-refractivity contribution is -0.121. The van der Waals surface area contributed by atoms with Crippen molar-refractivity contribution in [2.45, 2.75) is 6.54 Å². The number of hydrogen-bond donors (Lipinski definition) is 1. The molecule has 0 aromatic heterocycles. The number of rotatable bonds is 3. The van der Waals surface area contributed by atoms with Crippen LogP contribution >= 0.6 is 0 Å². The lowest BCUT2D eigenvalue weighted by atomic mass is 10.1. The Labute approximate surface area is 150 Å². The predicted octanol–water partition coefficient (Wildman–Crippen LogP) is 2.30. The van der Waals surface area contributed by atoms with E-state index in [1.165, 1.54) is 23.1 Å². The fourth-order valence-corrected chi connectivity index (χ4v) is 3.37. The standard InChI is InChI=1S/C19H19F2N3O2/c20-14-9-16(23-7-5-22-6-8-23)19-17(10-14)24(18(25)12-26-19)11-13-3-1-2-4-15(13)21/h1-4,9-10,22H,5-8,11-12H2. The largest absolute Gasteiger partial charge is 0.479 e. The molecule has 2 aromatic carbocycles. The summed E-state index contributed by atoms with van der Waals surface area (Å²) in [6.07, 6.45) is 0.